The van der Waals surface area contributed by atoms with E-state index in [1.165, 1.54) is 34.1 Å². The Bertz CT molecular complexity index is 969. The number of nitro groups is 2. The van der Waals surface area contributed by atoms with E-state index in [2.05, 4.69) is 0 Å². The fourth-order valence-corrected chi connectivity index (χ4v) is 3.46. The molecule has 1 aliphatic rings. The van der Waals surface area contributed by atoms with Crippen LogP contribution in [0.2, 0.25) is 10.0 Å². The van der Waals surface area contributed by atoms with Gasteiger partial charge < -0.3 is 9.80 Å². The normalized spacial score (nSPS) is 13.8. The van der Waals surface area contributed by atoms with E-state index in [9.17, 15) is 29.8 Å². The molecule has 30 heavy (non-hydrogen) atoms. The van der Waals surface area contributed by atoms with Crippen molar-refractivity contribution in [2.75, 3.05) is 26.2 Å². The number of hydrogen-bond donors (Lipinski definition) is 0. The molecule has 0 saturated carbocycles. The molecule has 2 aromatic carbocycles. The molecule has 1 heterocycles. The topological polar surface area (TPSA) is 127 Å². The van der Waals surface area contributed by atoms with Crippen LogP contribution in [0.4, 0.5) is 11.4 Å². The van der Waals surface area contributed by atoms with E-state index in [1.54, 1.807) is 0 Å². The summed E-state index contributed by atoms with van der Waals surface area (Å²) in [6.45, 7) is 0.467. The summed E-state index contributed by atoms with van der Waals surface area (Å²) in [6.07, 6.45) is 0. The molecule has 0 radical (unpaired) electrons. The number of amides is 2. The molecule has 1 saturated heterocycles. The van der Waals surface area contributed by atoms with Crippen molar-refractivity contribution in [3.05, 3.63) is 77.8 Å². The van der Waals surface area contributed by atoms with Gasteiger partial charge in [-0.25, -0.2) is 0 Å². The summed E-state index contributed by atoms with van der Waals surface area (Å²) in [5.74, 6) is -1.11. The fourth-order valence-electron chi connectivity index (χ4n) is 3.13. The lowest BCUT2D eigenvalue weighted by Crippen LogP contribution is -2.50. The first-order valence-electron chi connectivity index (χ1n) is 8.65. The lowest BCUT2D eigenvalue weighted by atomic mass is 10.1. The first kappa shape index (κ1) is 21.5. The number of carbonyl (C=O) groups is 2. The van der Waals surface area contributed by atoms with E-state index < -0.39 is 33.0 Å². The van der Waals surface area contributed by atoms with Gasteiger partial charge in [0.1, 0.15) is 11.1 Å². The molecule has 12 heteroatoms. The Morgan fingerprint density at radius 2 is 1.07 bits per heavy atom. The molecule has 0 spiro atoms. The summed E-state index contributed by atoms with van der Waals surface area (Å²) in [7, 11) is 0. The summed E-state index contributed by atoms with van der Waals surface area (Å²) in [5.41, 5.74) is -0.999. The number of nitrogens with zero attached hydrogens (tertiary/aromatic N) is 4. The minimum Gasteiger partial charge on any atom is -0.335 e. The maximum absolute atomic E-state index is 12.7. The van der Waals surface area contributed by atoms with Crippen LogP contribution in [0.25, 0.3) is 0 Å². The summed E-state index contributed by atoms with van der Waals surface area (Å²) >= 11 is 11.6. The number of rotatable bonds is 4. The number of piperazine rings is 1. The number of nitro benzene ring substituents is 2. The summed E-state index contributed by atoms with van der Waals surface area (Å²) < 4.78 is 0. The van der Waals surface area contributed by atoms with Crippen molar-refractivity contribution in [1.29, 1.82) is 0 Å². The Morgan fingerprint density at radius 3 is 1.37 bits per heavy atom. The van der Waals surface area contributed by atoms with Gasteiger partial charge in [-0.3, -0.25) is 29.8 Å². The fraction of sp³-hybridized carbons (Fsp3) is 0.222. The smallest absolute Gasteiger partial charge is 0.283 e. The Kier molecular flexibility index (Phi) is 6.18. The van der Waals surface area contributed by atoms with Gasteiger partial charge in [0, 0.05) is 48.4 Å². The van der Waals surface area contributed by atoms with Crippen LogP contribution in [0.3, 0.4) is 0 Å². The first-order chi connectivity index (χ1) is 14.2. The minimum absolute atomic E-state index is 0.0995. The molecular formula is C18H14Cl2N4O6. The van der Waals surface area contributed by atoms with E-state index in [4.69, 9.17) is 23.2 Å². The molecule has 0 aromatic heterocycles. The second kappa shape index (κ2) is 8.64. The lowest BCUT2D eigenvalue weighted by molar-refractivity contribution is -0.385. The van der Waals surface area contributed by atoms with Gasteiger partial charge in [0.25, 0.3) is 23.2 Å². The van der Waals surface area contributed by atoms with Crippen LogP contribution in [0.1, 0.15) is 20.7 Å². The molecule has 10 nitrogen and oxygen atoms in total. The standard InChI is InChI=1S/C18H14Cl2N4O6/c19-11-1-3-13(15(9-11)23(27)28)17(25)21-5-7-22(8-6-21)18(26)14-4-2-12(20)10-16(14)24(29)30/h1-4,9-10H,5-8H2. The van der Waals surface area contributed by atoms with Crippen molar-refractivity contribution in [2.24, 2.45) is 0 Å². The Hall–Kier alpha value is -3.24. The highest BCUT2D eigenvalue weighted by Gasteiger charge is 2.31. The molecule has 2 aromatic rings. The van der Waals surface area contributed by atoms with E-state index in [-0.39, 0.29) is 47.4 Å². The highest BCUT2D eigenvalue weighted by atomic mass is 35.5. The van der Waals surface area contributed by atoms with Crippen LogP contribution in [-0.2, 0) is 0 Å². The van der Waals surface area contributed by atoms with Gasteiger partial charge in [0.15, 0.2) is 0 Å². The van der Waals surface area contributed by atoms with Gasteiger partial charge in [-0.2, -0.15) is 0 Å². The summed E-state index contributed by atoms with van der Waals surface area (Å²) in [4.78, 5) is 49.3. The van der Waals surface area contributed by atoms with Crippen molar-refractivity contribution in [1.82, 2.24) is 9.80 Å². The molecule has 1 fully saturated rings. The van der Waals surface area contributed by atoms with E-state index >= 15 is 0 Å². The molecule has 1 aliphatic heterocycles. The molecule has 2 amide bonds. The van der Waals surface area contributed by atoms with E-state index in [0.717, 1.165) is 12.1 Å². The Labute approximate surface area is 179 Å². The molecule has 0 unspecified atom stereocenters. The third-order valence-electron chi connectivity index (χ3n) is 4.63. The van der Waals surface area contributed by atoms with Crippen molar-refractivity contribution < 1.29 is 19.4 Å². The van der Waals surface area contributed by atoms with Crippen molar-refractivity contribution in [3.8, 4) is 0 Å². The SMILES string of the molecule is O=C(c1ccc(Cl)cc1[N+](=O)[O-])N1CCN(C(=O)c2ccc(Cl)cc2[N+](=O)[O-])CC1. The zero-order valence-electron chi connectivity index (χ0n) is 15.3. The van der Waals surface area contributed by atoms with Gasteiger partial charge in [0.2, 0.25) is 0 Å². The maximum Gasteiger partial charge on any atom is 0.283 e. The largest absolute Gasteiger partial charge is 0.335 e. The van der Waals surface area contributed by atoms with Gasteiger partial charge in [0.05, 0.1) is 9.85 Å². The van der Waals surface area contributed by atoms with Crippen LogP contribution < -0.4 is 0 Å². The maximum atomic E-state index is 12.7. The van der Waals surface area contributed by atoms with Crippen molar-refractivity contribution in [2.45, 2.75) is 0 Å². The average Bonchev–Trinajstić information content (AvgIpc) is 2.72. The van der Waals surface area contributed by atoms with Crippen molar-refractivity contribution >= 4 is 46.4 Å². The third-order valence-corrected chi connectivity index (χ3v) is 5.10. The van der Waals surface area contributed by atoms with Gasteiger partial charge in [-0.05, 0) is 24.3 Å². The second-order valence-corrected chi connectivity index (χ2v) is 7.29. The molecule has 0 bridgehead atoms. The number of carbonyl (C=O) groups excluding carboxylic acids is 2. The molecule has 0 N–H and O–H groups in total. The quantitative estimate of drug-likeness (QED) is 0.516. The zero-order valence-corrected chi connectivity index (χ0v) is 16.8. The molecule has 0 aliphatic carbocycles. The molecular weight excluding hydrogens is 439 g/mol. The number of halogens is 2. The van der Waals surface area contributed by atoms with Crippen LogP contribution in [0.15, 0.2) is 36.4 Å². The predicted molar refractivity (Wildman–Crippen MR) is 108 cm³/mol. The van der Waals surface area contributed by atoms with Gasteiger partial charge in [-0.1, -0.05) is 23.2 Å². The average molecular weight is 453 g/mol. The second-order valence-electron chi connectivity index (χ2n) is 6.42. The molecule has 156 valence electrons. The van der Waals surface area contributed by atoms with Crippen LogP contribution in [0, 0.1) is 20.2 Å². The molecule has 0 atom stereocenters. The molecule has 3 rings (SSSR count). The highest BCUT2D eigenvalue weighted by molar-refractivity contribution is 6.31. The summed E-state index contributed by atoms with van der Waals surface area (Å²) in [5, 5.41) is 22.7. The third kappa shape index (κ3) is 4.34. The Morgan fingerprint density at radius 1 is 0.733 bits per heavy atom. The van der Waals surface area contributed by atoms with E-state index in [1.807, 2.05) is 0 Å². The lowest BCUT2D eigenvalue weighted by Gasteiger charge is -2.34. The monoisotopic (exact) mass is 452 g/mol. The number of benzene rings is 2. The first-order valence-corrected chi connectivity index (χ1v) is 9.41. The Balaban J connectivity index is 1.74. The zero-order chi connectivity index (χ0) is 22.0. The highest BCUT2D eigenvalue weighted by Crippen LogP contribution is 2.27. The summed E-state index contributed by atoms with van der Waals surface area (Å²) in [6, 6.07) is 7.57. The van der Waals surface area contributed by atoms with Gasteiger partial charge in [-0.15, -0.1) is 0 Å². The van der Waals surface area contributed by atoms with Crippen LogP contribution in [-0.4, -0.2) is 57.6 Å². The minimum atomic E-state index is -0.682. The predicted octanol–water partition coefficient (Wildman–Crippen LogP) is 3.41. The van der Waals surface area contributed by atoms with Crippen LogP contribution in [0.5, 0.6) is 0 Å². The van der Waals surface area contributed by atoms with Crippen LogP contribution >= 0.6 is 23.2 Å². The number of hydrogen-bond acceptors (Lipinski definition) is 6. The van der Waals surface area contributed by atoms with Gasteiger partial charge >= 0.3 is 0 Å². The van der Waals surface area contributed by atoms with E-state index in [0.29, 0.717) is 0 Å². The van der Waals surface area contributed by atoms with Crippen molar-refractivity contribution in [3.63, 3.8) is 0 Å².